The van der Waals surface area contributed by atoms with Gasteiger partial charge in [-0.3, -0.25) is 19.7 Å². The smallest absolute Gasteiger partial charge is 0.179 e. The van der Waals surface area contributed by atoms with Crippen LogP contribution in [-0.2, 0) is 0 Å². The summed E-state index contributed by atoms with van der Waals surface area (Å²) < 4.78 is 8.35. The standard InChI is InChI=1S/C26H24N8O/c1-17(21-3-2-4-24-26(21)29-10-9-28-24)35-20-5-6-23-22(13-20)25(32-31-23)18-14-30-34(15-18)19-7-11-33(16-27)12-8-19/h2-6,9-10,13-15,17,19H,7-8,11-12H2,1H3,(H,31,32). The fourth-order valence-electron chi connectivity index (χ4n) is 4.79. The van der Waals surface area contributed by atoms with Gasteiger partial charge in [-0.15, -0.1) is 0 Å². The predicted molar refractivity (Wildman–Crippen MR) is 131 cm³/mol. The third-order valence-electron chi connectivity index (χ3n) is 6.67. The van der Waals surface area contributed by atoms with E-state index >= 15 is 0 Å². The maximum Gasteiger partial charge on any atom is 0.179 e. The Morgan fingerprint density at radius 3 is 2.86 bits per heavy atom. The van der Waals surface area contributed by atoms with E-state index < -0.39 is 0 Å². The highest BCUT2D eigenvalue weighted by molar-refractivity contribution is 5.93. The number of para-hydroxylation sites is 1. The fraction of sp³-hybridized carbons (Fsp3) is 0.269. The Bertz CT molecular complexity index is 1530. The van der Waals surface area contributed by atoms with E-state index in [9.17, 15) is 0 Å². The Labute approximate surface area is 202 Å². The van der Waals surface area contributed by atoms with E-state index in [2.05, 4.69) is 31.5 Å². The van der Waals surface area contributed by atoms with Crippen LogP contribution in [0.25, 0.3) is 33.2 Å². The number of hydrogen-bond acceptors (Lipinski definition) is 7. The van der Waals surface area contributed by atoms with E-state index in [1.54, 1.807) is 17.3 Å². The molecule has 4 heterocycles. The molecule has 1 N–H and O–H groups in total. The normalized spacial score (nSPS) is 15.4. The van der Waals surface area contributed by atoms with Crippen molar-refractivity contribution in [2.75, 3.05) is 13.1 Å². The molecule has 1 aliphatic heterocycles. The van der Waals surface area contributed by atoms with Crippen molar-refractivity contribution in [1.82, 2.24) is 34.8 Å². The highest BCUT2D eigenvalue weighted by Crippen LogP contribution is 2.33. The van der Waals surface area contributed by atoms with E-state index in [0.717, 1.165) is 70.4 Å². The lowest BCUT2D eigenvalue weighted by Gasteiger charge is -2.28. The van der Waals surface area contributed by atoms with Crippen LogP contribution in [0.4, 0.5) is 0 Å². The van der Waals surface area contributed by atoms with Crippen molar-refractivity contribution in [2.24, 2.45) is 0 Å². The third-order valence-corrected chi connectivity index (χ3v) is 6.67. The van der Waals surface area contributed by atoms with E-state index in [-0.39, 0.29) is 6.10 Å². The maximum absolute atomic E-state index is 9.09. The molecule has 1 atom stereocenters. The Kier molecular flexibility index (Phi) is 5.26. The predicted octanol–water partition coefficient (Wildman–Crippen LogP) is 4.63. The molecule has 1 aliphatic rings. The van der Waals surface area contributed by atoms with Gasteiger partial charge in [0.05, 0.1) is 28.8 Å². The molecular weight excluding hydrogens is 440 g/mol. The van der Waals surface area contributed by atoms with Gasteiger partial charge in [0.15, 0.2) is 6.19 Å². The number of nitriles is 1. The summed E-state index contributed by atoms with van der Waals surface area (Å²) in [5, 5.41) is 22.4. The van der Waals surface area contributed by atoms with Crippen LogP contribution in [0.2, 0.25) is 0 Å². The van der Waals surface area contributed by atoms with Gasteiger partial charge in [-0.05, 0) is 44.0 Å². The van der Waals surface area contributed by atoms with Crippen LogP contribution in [0.5, 0.6) is 5.75 Å². The van der Waals surface area contributed by atoms with E-state index in [1.165, 1.54) is 0 Å². The van der Waals surface area contributed by atoms with Crippen LogP contribution in [0.3, 0.4) is 0 Å². The minimum absolute atomic E-state index is 0.203. The maximum atomic E-state index is 9.09. The zero-order valence-electron chi connectivity index (χ0n) is 19.3. The molecule has 2 aromatic carbocycles. The van der Waals surface area contributed by atoms with Crippen LogP contribution in [0, 0.1) is 11.5 Å². The molecular formula is C26H24N8O. The van der Waals surface area contributed by atoms with Crippen molar-refractivity contribution in [2.45, 2.75) is 31.9 Å². The van der Waals surface area contributed by atoms with Gasteiger partial charge in [-0.25, -0.2) is 0 Å². The lowest BCUT2D eigenvalue weighted by atomic mass is 10.1. The Hall–Kier alpha value is -4.45. The number of nitrogens with one attached hydrogen (secondary N) is 1. The largest absolute Gasteiger partial charge is 0.486 e. The molecule has 1 unspecified atom stereocenters. The lowest BCUT2D eigenvalue weighted by molar-refractivity contribution is 0.228. The quantitative estimate of drug-likeness (QED) is 0.378. The molecule has 0 aliphatic carbocycles. The number of likely N-dealkylation sites (tertiary alicyclic amines) is 1. The molecule has 0 bridgehead atoms. The molecule has 9 heteroatoms. The van der Waals surface area contributed by atoms with E-state index in [0.29, 0.717) is 6.04 Å². The second kappa shape index (κ2) is 8.72. The first kappa shape index (κ1) is 21.1. The van der Waals surface area contributed by atoms with Crippen molar-refractivity contribution in [3.8, 4) is 23.2 Å². The summed E-state index contributed by atoms with van der Waals surface area (Å²) >= 11 is 0. The molecule has 9 nitrogen and oxygen atoms in total. The average Bonchev–Trinajstić information content (AvgIpc) is 3.55. The van der Waals surface area contributed by atoms with Crippen molar-refractivity contribution >= 4 is 21.9 Å². The monoisotopic (exact) mass is 464 g/mol. The van der Waals surface area contributed by atoms with Crippen LogP contribution >= 0.6 is 0 Å². The van der Waals surface area contributed by atoms with Gasteiger partial charge in [0.25, 0.3) is 0 Å². The Morgan fingerprint density at radius 1 is 1.14 bits per heavy atom. The lowest BCUT2D eigenvalue weighted by Crippen LogP contribution is -2.31. The van der Waals surface area contributed by atoms with Crippen LogP contribution in [-0.4, -0.2) is 47.9 Å². The highest BCUT2D eigenvalue weighted by atomic mass is 16.5. The van der Waals surface area contributed by atoms with Crippen molar-refractivity contribution in [3.63, 3.8) is 0 Å². The fourth-order valence-corrected chi connectivity index (χ4v) is 4.79. The first-order valence-corrected chi connectivity index (χ1v) is 11.7. The SMILES string of the molecule is CC(Oc1ccc2[nH]nc(-c3cnn(C4CCN(C#N)CC4)c3)c2c1)c1cccc2nccnc12. The van der Waals surface area contributed by atoms with Gasteiger partial charge in [0.1, 0.15) is 17.5 Å². The van der Waals surface area contributed by atoms with E-state index in [1.807, 2.05) is 60.4 Å². The summed E-state index contributed by atoms with van der Waals surface area (Å²) in [5.41, 5.74) is 5.42. The van der Waals surface area contributed by atoms with Gasteiger partial charge in [-0.2, -0.15) is 15.5 Å². The molecule has 0 radical (unpaired) electrons. The number of H-pyrrole nitrogens is 1. The molecule has 0 spiro atoms. The molecule has 0 saturated carbocycles. The molecule has 174 valence electrons. The topological polar surface area (TPSA) is 109 Å². The van der Waals surface area contributed by atoms with Gasteiger partial charge >= 0.3 is 0 Å². The number of fused-ring (bicyclic) bond motifs is 2. The van der Waals surface area contributed by atoms with Gasteiger partial charge in [-0.1, -0.05) is 12.1 Å². The summed E-state index contributed by atoms with van der Waals surface area (Å²) in [7, 11) is 0. The van der Waals surface area contributed by atoms with Crippen molar-refractivity contribution in [1.29, 1.82) is 5.26 Å². The molecule has 5 aromatic rings. The summed E-state index contributed by atoms with van der Waals surface area (Å²) in [5.74, 6) is 0.754. The van der Waals surface area contributed by atoms with Crippen LogP contribution in [0.1, 0.15) is 37.5 Å². The molecule has 1 saturated heterocycles. The van der Waals surface area contributed by atoms with E-state index in [4.69, 9.17) is 10.00 Å². The highest BCUT2D eigenvalue weighted by Gasteiger charge is 2.21. The molecule has 1 fully saturated rings. The number of nitrogens with zero attached hydrogens (tertiary/aromatic N) is 7. The van der Waals surface area contributed by atoms with Crippen LogP contribution < -0.4 is 4.74 Å². The molecule has 35 heavy (non-hydrogen) atoms. The first-order valence-electron chi connectivity index (χ1n) is 11.7. The summed E-state index contributed by atoms with van der Waals surface area (Å²) in [6.45, 7) is 3.55. The molecule has 3 aromatic heterocycles. The first-order chi connectivity index (χ1) is 17.2. The Balaban J connectivity index is 1.26. The Morgan fingerprint density at radius 2 is 2.00 bits per heavy atom. The zero-order valence-corrected chi connectivity index (χ0v) is 19.3. The minimum atomic E-state index is -0.203. The van der Waals surface area contributed by atoms with Crippen molar-refractivity contribution in [3.05, 3.63) is 66.7 Å². The number of benzene rings is 2. The zero-order chi connectivity index (χ0) is 23.8. The van der Waals surface area contributed by atoms with Gasteiger partial charge in [0.2, 0.25) is 0 Å². The number of rotatable bonds is 5. The van der Waals surface area contributed by atoms with Gasteiger partial charge in [0, 0.05) is 48.2 Å². The number of ether oxygens (including phenoxy) is 1. The number of aromatic nitrogens is 6. The van der Waals surface area contributed by atoms with Crippen LogP contribution in [0.15, 0.2) is 61.2 Å². The number of hydrogen-bond donors (Lipinski definition) is 1. The van der Waals surface area contributed by atoms with Gasteiger partial charge < -0.3 is 9.64 Å². The second-order valence-corrected chi connectivity index (χ2v) is 8.84. The summed E-state index contributed by atoms with van der Waals surface area (Å²) in [6.07, 6.45) is 11.2. The third kappa shape index (κ3) is 3.93. The minimum Gasteiger partial charge on any atom is -0.486 e. The second-order valence-electron chi connectivity index (χ2n) is 8.84. The average molecular weight is 465 g/mol. The summed E-state index contributed by atoms with van der Waals surface area (Å²) in [6, 6.07) is 12.2. The van der Waals surface area contributed by atoms with Crippen molar-refractivity contribution < 1.29 is 4.74 Å². The molecule has 0 amide bonds. The number of piperidine rings is 1. The molecule has 6 rings (SSSR count). The summed E-state index contributed by atoms with van der Waals surface area (Å²) in [4.78, 5) is 10.7. The number of aromatic amines is 1.